The maximum atomic E-state index is 12.8. The normalized spacial score (nSPS) is 12.2. The summed E-state index contributed by atoms with van der Waals surface area (Å²) in [6, 6.07) is 0. The van der Waals surface area contributed by atoms with Gasteiger partial charge in [-0.05, 0) is 44.6 Å². The zero-order chi connectivity index (χ0) is 38.5. The average molecular weight is 735 g/mol. The number of unbranched alkanes of at least 4 members (excludes halogenated alkanes) is 24. The number of hydrogen-bond donors (Lipinski definition) is 0. The number of carbonyl (C=O) groups is 4. The first-order chi connectivity index (χ1) is 25.2. The summed E-state index contributed by atoms with van der Waals surface area (Å²) >= 11 is 0. The Morgan fingerprint density at radius 1 is 0.481 bits per heavy atom. The molecule has 0 aliphatic heterocycles. The molecule has 0 heterocycles. The summed E-state index contributed by atoms with van der Waals surface area (Å²) in [7, 11) is 0. The summed E-state index contributed by atoms with van der Waals surface area (Å²) in [6.45, 7) is 9.46. The van der Waals surface area contributed by atoms with Crippen LogP contribution in [-0.2, 0) is 33.4 Å². The van der Waals surface area contributed by atoms with Crippen LogP contribution in [0.3, 0.4) is 0 Å². The van der Waals surface area contributed by atoms with Gasteiger partial charge in [0.25, 0.3) is 0 Å². The lowest BCUT2D eigenvalue weighted by Gasteiger charge is -2.19. The molecule has 0 aliphatic carbocycles. The molecule has 0 bridgehead atoms. The molecule has 0 aliphatic rings. The van der Waals surface area contributed by atoms with Crippen LogP contribution in [0.1, 0.15) is 227 Å². The molecule has 0 saturated carbocycles. The molecule has 0 aromatic rings. The second-order valence-corrected chi connectivity index (χ2v) is 15.5. The molecule has 0 N–H and O–H groups in total. The number of esters is 3. The van der Waals surface area contributed by atoms with Gasteiger partial charge in [-0.1, -0.05) is 181 Å². The molecule has 0 saturated heterocycles. The van der Waals surface area contributed by atoms with Gasteiger partial charge in [-0.25, -0.2) is 0 Å². The summed E-state index contributed by atoms with van der Waals surface area (Å²) in [5.74, 6) is -1.09. The van der Waals surface area contributed by atoms with Crippen LogP contribution >= 0.6 is 0 Å². The molecule has 0 rings (SSSR count). The lowest BCUT2D eigenvalue weighted by atomic mass is 10.0. The Bertz CT molecular complexity index is 865. The maximum Gasteiger partial charge on any atom is 0.306 e. The van der Waals surface area contributed by atoms with Gasteiger partial charge < -0.3 is 14.2 Å². The maximum absolute atomic E-state index is 12.8. The van der Waals surface area contributed by atoms with Crippen molar-refractivity contribution in [3.8, 4) is 0 Å². The minimum absolute atomic E-state index is 0.0103. The minimum Gasteiger partial charge on any atom is -0.462 e. The molecule has 304 valence electrons. The molecule has 7 nitrogen and oxygen atoms in total. The summed E-state index contributed by atoms with van der Waals surface area (Å²) in [6.07, 6.45) is 34.6. The highest BCUT2D eigenvalue weighted by atomic mass is 16.6. The van der Waals surface area contributed by atoms with Gasteiger partial charge in [0, 0.05) is 19.3 Å². The Morgan fingerprint density at radius 3 is 1.13 bits per heavy atom. The van der Waals surface area contributed by atoms with Gasteiger partial charge in [-0.3, -0.25) is 19.2 Å². The van der Waals surface area contributed by atoms with Gasteiger partial charge >= 0.3 is 17.9 Å². The third kappa shape index (κ3) is 34.9. The van der Waals surface area contributed by atoms with Crippen molar-refractivity contribution >= 4 is 23.7 Å². The molecule has 1 atom stereocenters. The fourth-order valence-corrected chi connectivity index (χ4v) is 6.33. The Morgan fingerprint density at radius 2 is 0.808 bits per heavy atom. The van der Waals surface area contributed by atoms with Crippen LogP contribution in [0.25, 0.3) is 0 Å². The highest BCUT2D eigenvalue weighted by molar-refractivity contribution is 5.92. The molecule has 0 aromatic heterocycles. The van der Waals surface area contributed by atoms with E-state index >= 15 is 0 Å². The lowest BCUT2D eigenvalue weighted by molar-refractivity contribution is -0.167. The van der Waals surface area contributed by atoms with E-state index in [4.69, 9.17) is 14.2 Å². The van der Waals surface area contributed by atoms with Crippen molar-refractivity contribution in [2.24, 2.45) is 5.92 Å². The van der Waals surface area contributed by atoms with Crippen LogP contribution in [0, 0.1) is 5.92 Å². The van der Waals surface area contributed by atoms with Crippen LogP contribution in [0.2, 0.25) is 0 Å². The summed E-state index contributed by atoms with van der Waals surface area (Å²) in [4.78, 5) is 49.3. The first-order valence-electron chi connectivity index (χ1n) is 21.9. The van der Waals surface area contributed by atoms with E-state index in [9.17, 15) is 19.2 Å². The number of rotatable bonds is 38. The fraction of sp³-hybridized carbons (Fsp3) is 0.867. The van der Waals surface area contributed by atoms with E-state index in [0.717, 1.165) is 38.5 Å². The van der Waals surface area contributed by atoms with E-state index in [1.54, 1.807) is 6.92 Å². The number of Topliss-reactive ketones (excluding diaryl/α,β-unsaturated/α-hetero) is 1. The third-order valence-corrected chi connectivity index (χ3v) is 10.0. The Kier molecular flexibility index (Phi) is 35.6. The number of ether oxygens (including phenoxy) is 3. The van der Waals surface area contributed by atoms with Crippen LogP contribution in [0.15, 0.2) is 11.6 Å². The quantitative estimate of drug-likeness (QED) is 0.0270. The van der Waals surface area contributed by atoms with Gasteiger partial charge in [-0.15, -0.1) is 0 Å². The van der Waals surface area contributed by atoms with Crippen molar-refractivity contribution in [2.75, 3.05) is 13.2 Å². The summed E-state index contributed by atoms with van der Waals surface area (Å²) < 4.78 is 16.6. The molecule has 0 spiro atoms. The SMILES string of the molecule is CCCCCCCCCCCCCCCC(=O)OCC(COC(=O)CCCCCCCCCCCCCCC)OC(=O)CC(C)C/C=C(\C)C(C)=O. The number of carbonyl (C=O) groups excluding carboxylic acids is 4. The largest absolute Gasteiger partial charge is 0.462 e. The Balaban J connectivity index is 4.42. The van der Waals surface area contributed by atoms with Gasteiger partial charge in [0.2, 0.25) is 0 Å². The molecular formula is C45H82O7. The van der Waals surface area contributed by atoms with Crippen LogP contribution < -0.4 is 0 Å². The van der Waals surface area contributed by atoms with E-state index in [0.29, 0.717) is 24.8 Å². The fourth-order valence-electron chi connectivity index (χ4n) is 6.33. The van der Waals surface area contributed by atoms with Gasteiger partial charge in [0.05, 0.1) is 0 Å². The monoisotopic (exact) mass is 735 g/mol. The van der Waals surface area contributed by atoms with E-state index in [1.165, 1.54) is 135 Å². The molecule has 0 aromatic carbocycles. The standard InChI is InChI=1S/C45H82O7/c1-6-8-10-12-14-16-18-20-22-24-26-28-30-32-43(47)50-37-42(52-45(49)36-39(3)34-35-40(4)41(5)46)38-51-44(48)33-31-29-27-25-23-21-19-17-15-13-11-9-7-2/h35,39,42H,6-34,36-38H2,1-5H3/b40-35+. The minimum atomic E-state index is -0.847. The predicted octanol–water partition coefficient (Wildman–Crippen LogP) is 12.9. The van der Waals surface area contributed by atoms with E-state index in [-0.39, 0.29) is 43.3 Å². The summed E-state index contributed by atoms with van der Waals surface area (Å²) in [5, 5.41) is 0. The highest BCUT2D eigenvalue weighted by Crippen LogP contribution is 2.16. The lowest BCUT2D eigenvalue weighted by Crippen LogP contribution is -2.31. The van der Waals surface area contributed by atoms with Crippen molar-refractivity contribution in [1.29, 1.82) is 0 Å². The Labute approximate surface area is 320 Å². The first kappa shape index (κ1) is 49.8. The van der Waals surface area contributed by atoms with E-state index < -0.39 is 12.1 Å². The molecule has 0 radical (unpaired) electrons. The molecule has 0 fully saturated rings. The topological polar surface area (TPSA) is 96.0 Å². The molecule has 1 unspecified atom stereocenters. The smallest absolute Gasteiger partial charge is 0.306 e. The molecular weight excluding hydrogens is 652 g/mol. The van der Waals surface area contributed by atoms with Crippen LogP contribution in [-0.4, -0.2) is 43.0 Å². The number of hydrogen-bond acceptors (Lipinski definition) is 7. The van der Waals surface area contributed by atoms with Crippen molar-refractivity contribution < 1.29 is 33.4 Å². The van der Waals surface area contributed by atoms with E-state index in [2.05, 4.69) is 13.8 Å². The zero-order valence-electron chi connectivity index (χ0n) is 34.7. The first-order valence-corrected chi connectivity index (χ1v) is 21.9. The van der Waals surface area contributed by atoms with Gasteiger partial charge in [0.15, 0.2) is 11.9 Å². The second kappa shape index (κ2) is 37.1. The third-order valence-electron chi connectivity index (χ3n) is 10.0. The molecule has 7 heteroatoms. The second-order valence-electron chi connectivity index (χ2n) is 15.5. The van der Waals surface area contributed by atoms with Crippen LogP contribution in [0.4, 0.5) is 0 Å². The Hall–Kier alpha value is -2.18. The predicted molar refractivity (Wildman–Crippen MR) is 215 cm³/mol. The van der Waals surface area contributed by atoms with Crippen molar-refractivity contribution in [3.63, 3.8) is 0 Å². The van der Waals surface area contributed by atoms with E-state index in [1.807, 2.05) is 13.0 Å². The number of ketones is 1. The average Bonchev–Trinajstić information content (AvgIpc) is 3.12. The summed E-state index contributed by atoms with van der Waals surface area (Å²) in [5.41, 5.74) is 0.670. The van der Waals surface area contributed by atoms with Crippen molar-refractivity contribution in [2.45, 2.75) is 233 Å². The van der Waals surface area contributed by atoms with Crippen molar-refractivity contribution in [1.82, 2.24) is 0 Å². The van der Waals surface area contributed by atoms with Crippen LogP contribution in [0.5, 0.6) is 0 Å². The van der Waals surface area contributed by atoms with Gasteiger partial charge in [-0.2, -0.15) is 0 Å². The number of allylic oxidation sites excluding steroid dienone is 2. The highest BCUT2D eigenvalue weighted by Gasteiger charge is 2.21. The molecule has 0 amide bonds. The zero-order valence-corrected chi connectivity index (χ0v) is 34.7. The molecule has 52 heavy (non-hydrogen) atoms. The van der Waals surface area contributed by atoms with Gasteiger partial charge in [0.1, 0.15) is 13.2 Å². The van der Waals surface area contributed by atoms with Crippen molar-refractivity contribution in [3.05, 3.63) is 11.6 Å².